The summed E-state index contributed by atoms with van der Waals surface area (Å²) in [5.74, 6) is 0.561. The van der Waals surface area contributed by atoms with E-state index in [4.69, 9.17) is 4.74 Å². The van der Waals surface area contributed by atoms with E-state index in [9.17, 15) is 4.79 Å². The molecule has 2 N–H and O–H groups in total. The number of nitrogens with one attached hydrogen (secondary N) is 2. The van der Waals surface area contributed by atoms with Gasteiger partial charge in [0, 0.05) is 24.8 Å². The van der Waals surface area contributed by atoms with Crippen molar-refractivity contribution >= 4 is 6.03 Å². The molecule has 0 fully saturated rings. The number of carbonyl (C=O) groups is 1. The molecule has 1 aromatic carbocycles. The zero-order valence-corrected chi connectivity index (χ0v) is 13.6. The van der Waals surface area contributed by atoms with E-state index in [1.807, 2.05) is 31.2 Å². The lowest BCUT2D eigenvalue weighted by atomic mass is 10.1. The van der Waals surface area contributed by atoms with E-state index in [2.05, 4.69) is 34.7 Å². The van der Waals surface area contributed by atoms with Gasteiger partial charge in [0.15, 0.2) is 0 Å². The van der Waals surface area contributed by atoms with Gasteiger partial charge in [-0.05, 0) is 30.5 Å². The van der Waals surface area contributed by atoms with Gasteiger partial charge in [0.05, 0.1) is 6.61 Å². The second kappa shape index (κ2) is 8.78. The van der Waals surface area contributed by atoms with Crippen molar-refractivity contribution in [2.75, 3.05) is 6.61 Å². The first kappa shape index (κ1) is 16.8. The highest BCUT2D eigenvalue weighted by Gasteiger charge is 2.06. The van der Waals surface area contributed by atoms with Gasteiger partial charge in [0.2, 0.25) is 5.88 Å². The number of nitrogens with zero attached hydrogens (tertiary/aromatic N) is 1. The molecule has 5 nitrogen and oxygen atoms in total. The second-order valence-electron chi connectivity index (χ2n) is 5.11. The number of rotatable bonds is 7. The summed E-state index contributed by atoms with van der Waals surface area (Å²) in [7, 11) is 0. The van der Waals surface area contributed by atoms with Gasteiger partial charge in [-0.2, -0.15) is 0 Å². The molecule has 0 aliphatic heterocycles. The summed E-state index contributed by atoms with van der Waals surface area (Å²) in [6.45, 7) is 5.45. The van der Waals surface area contributed by atoms with Gasteiger partial charge < -0.3 is 15.4 Å². The standard InChI is InChI=1S/C18H23N3O2/c1-3-14-7-9-15(10-8-14)12-20-18(22)21-13-16-6-5-11-19-17(16)23-4-2/h5-11H,3-4,12-13H2,1-2H3,(H2,20,21,22). The minimum Gasteiger partial charge on any atom is -0.478 e. The van der Waals surface area contributed by atoms with Crippen LogP contribution in [0.25, 0.3) is 0 Å². The fraction of sp³-hybridized carbons (Fsp3) is 0.333. The largest absolute Gasteiger partial charge is 0.478 e. The SMILES string of the molecule is CCOc1ncccc1CNC(=O)NCc1ccc(CC)cc1. The van der Waals surface area contributed by atoms with Crippen LogP contribution in [0, 0.1) is 0 Å². The molecule has 2 aromatic rings. The highest BCUT2D eigenvalue weighted by atomic mass is 16.5. The molecule has 0 aliphatic carbocycles. The van der Waals surface area contributed by atoms with E-state index in [0.717, 1.165) is 17.5 Å². The van der Waals surface area contributed by atoms with Crippen molar-refractivity contribution in [2.45, 2.75) is 33.4 Å². The molecule has 2 amide bonds. The summed E-state index contributed by atoms with van der Waals surface area (Å²) >= 11 is 0. The number of hydrogen-bond acceptors (Lipinski definition) is 3. The summed E-state index contributed by atoms with van der Waals surface area (Å²) < 4.78 is 5.44. The highest BCUT2D eigenvalue weighted by molar-refractivity contribution is 5.73. The minimum atomic E-state index is -0.212. The Kier molecular flexibility index (Phi) is 6.41. The van der Waals surface area contributed by atoms with E-state index < -0.39 is 0 Å². The zero-order valence-electron chi connectivity index (χ0n) is 13.6. The van der Waals surface area contributed by atoms with Gasteiger partial charge in [-0.1, -0.05) is 37.3 Å². The van der Waals surface area contributed by atoms with Crippen LogP contribution in [0.4, 0.5) is 4.79 Å². The van der Waals surface area contributed by atoms with E-state index in [1.165, 1.54) is 5.56 Å². The van der Waals surface area contributed by atoms with Gasteiger partial charge in [0.1, 0.15) is 0 Å². The molecule has 1 heterocycles. The molecule has 0 radical (unpaired) electrons. The molecule has 0 spiro atoms. The Hall–Kier alpha value is -2.56. The van der Waals surface area contributed by atoms with Crippen molar-refractivity contribution in [3.63, 3.8) is 0 Å². The first-order chi connectivity index (χ1) is 11.2. The molecule has 5 heteroatoms. The number of hydrogen-bond donors (Lipinski definition) is 2. The van der Waals surface area contributed by atoms with Crippen molar-refractivity contribution < 1.29 is 9.53 Å². The first-order valence-corrected chi connectivity index (χ1v) is 7.89. The number of carbonyl (C=O) groups excluding carboxylic acids is 1. The lowest BCUT2D eigenvalue weighted by molar-refractivity contribution is 0.240. The molecule has 0 atom stereocenters. The van der Waals surface area contributed by atoms with Crippen molar-refractivity contribution in [3.8, 4) is 5.88 Å². The van der Waals surface area contributed by atoms with Gasteiger partial charge in [-0.25, -0.2) is 9.78 Å². The van der Waals surface area contributed by atoms with Crippen LogP contribution in [0.2, 0.25) is 0 Å². The fourth-order valence-electron chi connectivity index (χ4n) is 2.14. The average molecular weight is 313 g/mol. The summed E-state index contributed by atoms with van der Waals surface area (Å²) in [4.78, 5) is 16.1. The Morgan fingerprint density at radius 2 is 1.74 bits per heavy atom. The maximum Gasteiger partial charge on any atom is 0.315 e. The van der Waals surface area contributed by atoms with Crippen molar-refractivity contribution in [3.05, 3.63) is 59.3 Å². The van der Waals surface area contributed by atoms with Gasteiger partial charge >= 0.3 is 6.03 Å². The highest BCUT2D eigenvalue weighted by Crippen LogP contribution is 2.13. The number of aryl methyl sites for hydroxylation is 1. The molecule has 0 saturated carbocycles. The first-order valence-electron chi connectivity index (χ1n) is 7.89. The van der Waals surface area contributed by atoms with Gasteiger partial charge in [-0.3, -0.25) is 0 Å². The molecule has 0 bridgehead atoms. The molecule has 122 valence electrons. The van der Waals surface area contributed by atoms with Crippen molar-refractivity contribution in [2.24, 2.45) is 0 Å². The Balaban J connectivity index is 1.81. The van der Waals surface area contributed by atoms with Crippen LogP contribution in [-0.4, -0.2) is 17.6 Å². The Labute approximate surface area is 137 Å². The number of benzene rings is 1. The maximum absolute atomic E-state index is 11.9. The van der Waals surface area contributed by atoms with Crippen LogP contribution in [-0.2, 0) is 19.5 Å². The third kappa shape index (κ3) is 5.29. The van der Waals surface area contributed by atoms with E-state index >= 15 is 0 Å². The number of ether oxygens (including phenoxy) is 1. The normalized spacial score (nSPS) is 10.2. The molecule has 23 heavy (non-hydrogen) atoms. The van der Waals surface area contributed by atoms with Crippen LogP contribution in [0.3, 0.4) is 0 Å². The summed E-state index contributed by atoms with van der Waals surface area (Å²) in [5, 5.41) is 5.67. The summed E-state index contributed by atoms with van der Waals surface area (Å²) in [6, 6.07) is 11.7. The number of pyridine rings is 1. The maximum atomic E-state index is 11.9. The fourth-order valence-corrected chi connectivity index (χ4v) is 2.14. The summed E-state index contributed by atoms with van der Waals surface area (Å²) in [5.41, 5.74) is 3.23. The number of aromatic nitrogens is 1. The van der Waals surface area contributed by atoms with Crippen molar-refractivity contribution in [1.29, 1.82) is 0 Å². The van der Waals surface area contributed by atoms with E-state index in [1.54, 1.807) is 6.20 Å². The molecule has 0 saturated heterocycles. The molecule has 2 rings (SSSR count). The second-order valence-corrected chi connectivity index (χ2v) is 5.11. The topological polar surface area (TPSA) is 63.2 Å². The van der Waals surface area contributed by atoms with Crippen LogP contribution in [0.1, 0.15) is 30.5 Å². The Morgan fingerprint density at radius 1 is 1.04 bits per heavy atom. The monoisotopic (exact) mass is 313 g/mol. The molecule has 1 aromatic heterocycles. The predicted octanol–water partition coefficient (Wildman–Crippen LogP) is 3.04. The molecular formula is C18H23N3O2. The Morgan fingerprint density at radius 3 is 2.43 bits per heavy atom. The quantitative estimate of drug-likeness (QED) is 0.826. The molecule has 0 aliphatic rings. The third-order valence-corrected chi connectivity index (χ3v) is 3.45. The third-order valence-electron chi connectivity index (χ3n) is 3.45. The minimum absolute atomic E-state index is 0.212. The average Bonchev–Trinajstić information content (AvgIpc) is 2.60. The van der Waals surface area contributed by atoms with Gasteiger partial charge in [-0.15, -0.1) is 0 Å². The molecule has 0 unspecified atom stereocenters. The number of urea groups is 1. The van der Waals surface area contributed by atoms with Crippen LogP contribution in [0.5, 0.6) is 5.88 Å². The summed E-state index contributed by atoms with van der Waals surface area (Å²) in [6.07, 6.45) is 2.69. The molecular weight excluding hydrogens is 290 g/mol. The van der Waals surface area contributed by atoms with Crippen LogP contribution < -0.4 is 15.4 Å². The zero-order chi connectivity index (χ0) is 16.5. The van der Waals surface area contributed by atoms with E-state index in [-0.39, 0.29) is 6.03 Å². The van der Waals surface area contributed by atoms with Crippen LogP contribution in [0.15, 0.2) is 42.6 Å². The van der Waals surface area contributed by atoms with Gasteiger partial charge in [0.25, 0.3) is 0 Å². The number of amides is 2. The lowest BCUT2D eigenvalue weighted by Crippen LogP contribution is -2.34. The predicted molar refractivity (Wildman–Crippen MR) is 90.3 cm³/mol. The van der Waals surface area contributed by atoms with Crippen LogP contribution >= 0.6 is 0 Å². The van der Waals surface area contributed by atoms with E-state index in [0.29, 0.717) is 25.6 Å². The smallest absolute Gasteiger partial charge is 0.315 e. The lowest BCUT2D eigenvalue weighted by Gasteiger charge is -2.11. The van der Waals surface area contributed by atoms with Crippen molar-refractivity contribution in [1.82, 2.24) is 15.6 Å². The Bertz CT molecular complexity index is 626.